The smallest absolute Gasteiger partial charge is 0.211 e. The molecule has 0 rings (SSSR count). The summed E-state index contributed by atoms with van der Waals surface area (Å²) in [6, 6.07) is 0. The molecule has 0 aromatic rings. The molecule has 0 saturated heterocycles. The number of rotatable bonds is 2. The molecule has 0 unspecified atom stereocenters. The van der Waals surface area contributed by atoms with Crippen LogP contribution in [0.2, 0.25) is 0 Å². The molecule has 0 N–H and O–H groups in total. The first-order valence-electron chi connectivity index (χ1n) is 2.51. The van der Waals surface area contributed by atoms with Crippen molar-refractivity contribution in [2.75, 3.05) is 18.6 Å². The molecule has 0 aliphatic rings. The molecule has 0 aliphatic carbocycles. The third-order valence-electron chi connectivity index (χ3n) is 0.860. The largest absolute Gasteiger partial charge is 0.481 e. The lowest BCUT2D eigenvalue weighted by Crippen LogP contribution is -2.04. The van der Waals surface area contributed by atoms with Crippen LogP contribution in [0.3, 0.4) is 0 Å². The first-order valence-corrected chi connectivity index (χ1v) is 4.03. The van der Waals surface area contributed by atoms with Gasteiger partial charge in [-0.3, -0.25) is 4.99 Å². The van der Waals surface area contributed by atoms with Crippen molar-refractivity contribution in [3.8, 4) is 0 Å². The molecule has 0 radical (unpaired) electrons. The fourth-order valence-electron chi connectivity index (χ4n) is 0.451. The van der Waals surface area contributed by atoms with E-state index >= 15 is 0 Å². The zero-order chi connectivity index (χ0) is 7.28. The number of methoxy groups -OCH3 is 1. The third-order valence-corrected chi connectivity index (χ3v) is 1.78. The van der Waals surface area contributed by atoms with Gasteiger partial charge < -0.3 is 4.74 Å². The maximum absolute atomic E-state index is 4.90. The maximum atomic E-state index is 4.90. The Hall–Kier alpha value is -0.0600. The summed E-state index contributed by atoms with van der Waals surface area (Å²) in [5.41, 5.74) is 0.931. The highest BCUT2D eigenvalue weighted by Crippen LogP contribution is 1.99. The third kappa shape index (κ3) is 2.84. The average Bonchev–Trinajstić information content (AvgIpc) is 1.90. The molecule has 0 atom stereocenters. The highest BCUT2D eigenvalue weighted by Gasteiger charge is 1.98. The van der Waals surface area contributed by atoms with Crippen LogP contribution >= 0.6 is 22.6 Å². The molecule has 0 aromatic heterocycles. The van der Waals surface area contributed by atoms with Crippen LogP contribution in [0.5, 0.6) is 0 Å². The molecule has 0 aromatic carbocycles. The summed E-state index contributed by atoms with van der Waals surface area (Å²) < 4.78 is 5.76. The molecule has 3 heteroatoms. The van der Waals surface area contributed by atoms with Crippen LogP contribution in [0.15, 0.2) is 17.1 Å². The summed E-state index contributed by atoms with van der Waals surface area (Å²) in [5.74, 6) is 0.643. The Morgan fingerprint density at radius 1 is 1.78 bits per heavy atom. The Bertz CT molecular complexity index is 131. The van der Waals surface area contributed by atoms with Crippen molar-refractivity contribution in [1.82, 2.24) is 0 Å². The molecule has 0 spiro atoms. The van der Waals surface area contributed by atoms with Gasteiger partial charge in [0.05, 0.1) is 7.11 Å². The van der Waals surface area contributed by atoms with Gasteiger partial charge in [0.15, 0.2) is 0 Å². The van der Waals surface area contributed by atoms with Crippen molar-refractivity contribution in [2.24, 2.45) is 4.99 Å². The normalized spacial score (nSPS) is 11.2. The van der Waals surface area contributed by atoms with Crippen molar-refractivity contribution in [3.63, 3.8) is 0 Å². The predicted molar refractivity (Wildman–Crippen MR) is 48.4 cm³/mol. The maximum Gasteiger partial charge on any atom is 0.211 e. The van der Waals surface area contributed by atoms with Crippen LogP contribution in [0, 0.1) is 0 Å². The van der Waals surface area contributed by atoms with Gasteiger partial charge in [0.2, 0.25) is 5.90 Å². The van der Waals surface area contributed by atoms with Crippen LogP contribution < -0.4 is 0 Å². The van der Waals surface area contributed by atoms with E-state index in [1.54, 1.807) is 14.2 Å². The van der Waals surface area contributed by atoms with E-state index in [2.05, 4.69) is 34.2 Å². The zero-order valence-electron chi connectivity index (χ0n) is 5.65. The molecule has 2 nitrogen and oxygen atoms in total. The first-order chi connectivity index (χ1) is 4.26. The summed E-state index contributed by atoms with van der Waals surface area (Å²) in [7, 11) is 3.29. The molecule has 0 aliphatic heterocycles. The Labute approximate surface area is 69.1 Å². The van der Waals surface area contributed by atoms with Crippen molar-refractivity contribution >= 4 is 28.5 Å². The first kappa shape index (κ1) is 8.94. The topological polar surface area (TPSA) is 21.6 Å². The van der Waals surface area contributed by atoms with Gasteiger partial charge in [-0.1, -0.05) is 29.2 Å². The molecule has 0 amide bonds. The van der Waals surface area contributed by atoms with E-state index in [9.17, 15) is 0 Å². The number of hydrogen-bond acceptors (Lipinski definition) is 2. The van der Waals surface area contributed by atoms with Gasteiger partial charge >= 0.3 is 0 Å². The van der Waals surface area contributed by atoms with Gasteiger partial charge in [-0.25, -0.2) is 0 Å². The molecule has 0 saturated carbocycles. The second-order valence-electron chi connectivity index (χ2n) is 1.47. The second-order valence-corrected chi connectivity index (χ2v) is 2.23. The molecule has 52 valence electrons. The molecular formula is C6H10INO. The van der Waals surface area contributed by atoms with Crippen molar-refractivity contribution < 1.29 is 4.74 Å². The minimum Gasteiger partial charge on any atom is -0.481 e. The summed E-state index contributed by atoms with van der Waals surface area (Å²) in [5, 5.41) is 0. The van der Waals surface area contributed by atoms with Crippen LogP contribution in [0.4, 0.5) is 0 Å². The summed E-state index contributed by atoms with van der Waals surface area (Å²) in [6.45, 7) is 3.75. The lowest BCUT2D eigenvalue weighted by Gasteiger charge is -2.02. The minimum atomic E-state index is 0.643. The van der Waals surface area contributed by atoms with E-state index in [1.165, 1.54) is 0 Å². The van der Waals surface area contributed by atoms with Gasteiger partial charge in [-0.2, -0.15) is 0 Å². The van der Waals surface area contributed by atoms with Crippen molar-refractivity contribution in [2.45, 2.75) is 0 Å². The van der Waals surface area contributed by atoms with E-state index in [4.69, 9.17) is 4.74 Å². The summed E-state index contributed by atoms with van der Waals surface area (Å²) >= 11 is 2.21. The van der Waals surface area contributed by atoms with Crippen LogP contribution in [0.1, 0.15) is 0 Å². The van der Waals surface area contributed by atoms with E-state index in [1.807, 2.05) is 0 Å². The summed E-state index contributed by atoms with van der Waals surface area (Å²) in [6.07, 6.45) is 0. The predicted octanol–water partition coefficient (Wildman–Crippen LogP) is 1.65. The highest BCUT2D eigenvalue weighted by molar-refractivity contribution is 14.1. The van der Waals surface area contributed by atoms with Crippen LogP contribution in [0.25, 0.3) is 0 Å². The van der Waals surface area contributed by atoms with Gasteiger partial charge in [0, 0.05) is 17.0 Å². The lowest BCUT2D eigenvalue weighted by atomic mass is 10.3. The van der Waals surface area contributed by atoms with Gasteiger partial charge in [-0.15, -0.1) is 0 Å². The second kappa shape index (κ2) is 4.78. The number of halogens is 1. The molecule has 9 heavy (non-hydrogen) atoms. The zero-order valence-corrected chi connectivity index (χ0v) is 7.81. The summed E-state index contributed by atoms with van der Waals surface area (Å²) in [4.78, 5) is 3.87. The van der Waals surface area contributed by atoms with E-state index < -0.39 is 0 Å². The Morgan fingerprint density at radius 3 is 2.44 bits per heavy atom. The minimum absolute atomic E-state index is 0.643. The molecule has 0 bridgehead atoms. The molecule has 0 heterocycles. The van der Waals surface area contributed by atoms with Gasteiger partial charge in [0.25, 0.3) is 0 Å². The number of ether oxygens (including phenoxy) is 1. The Balaban J connectivity index is 3.97. The van der Waals surface area contributed by atoms with Gasteiger partial charge in [0.1, 0.15) is 0 Å². The molecular weight excluding hydrogens is 229 g/mol. The average molecular weight is 239 g/mol. The lowest BCUT2D eigenvalue weighted by molar-refractivity contribution is 0.403. The Morgan fingerprint density at radius 2 is 2.33 bits per heavy atom. The number of nitrogens with zero attached hydrogens (tertiary/aromatic N) is 1. The van der Waals surface area contributed by atoms with Crippen molar-refractivity contribution in [1.29, 1.82) is 0 Å². The number of aliphatic imine (C=N–C) groups is 1. The van der Waals surface area contributed by atoms with E-state index in [0.29, 0.717) is 5.90 Å². The fraction of sp³-hybridized carbons (Fsp3) is 0.500. The van der Waals surface area contributed by atoms with Crippen molar-refractivity contribution in [3.05, 3.63) is 12.2 Å². The SMILES string of the molecule is C=C(CI)C(=NC)OC. The van der Waals surface area contributed by atoms with Crippen LogP contribution in [-0.2, 0) is 4.74 Å². The highest BCUT2D eigenvalue weighted by atomic mass is 127. The van der Waals surface area contributed by atoms with E-state index in [0.717, 1.165) is 10.0 Å². The molecule has 0 fully saturated rings. The quantitative estimate of drug-likeness (QED) is 0.311. The Kier molecular flexibility index (Phi) is 4.75. The fourth-order valence-corrected chi connectivity index (χ4v) is 0.777. The van der Waals surface area contributed by atoms with E-state index in [-0.39, 0.29) is 0 Å². The number of alkyl halides is 1. The standard InChI is InChI=1S/C6H10INO/c1-5(4-7)6(8-2)9-3/h1,4H2,2-3H3. The van der Waals surface area contributed by atoms with Gasteiger partial charge in [-0.05, 0) is 0 Å². The monoisotopic (exact) mass is 239 g/mol. The van der Waals surface area contributed by atoms with Crippen LogP contribution in [-0.4, -0.2) is 24.5 Å². The number of hydrogen-bond donors (Lipinski definition) is 0.